The molecule has 17 heteroatoms. The minimum Gasteiger partial charge on any atom is -0.481 e. The molecule has 0 aliphatic heterocycles. The molecule has 0 unspecified atom stereocenters. The van der Waals surface area contributed by atoms with Gasteiger partial charge in [-0.05, 0) is 6.42 Å². The van der Waals surface area contributed by atoms with E-state index >= 15 is 0 Å². The maximum atomic E-state index is 12.3. The van der Waals surface area contributed by atoms with E-state index in [1.54, 1.807) is 0 Å². The van der Waals surface area contributed by atoms with Crippen LogP contribution in [0.3, 0.4) is 0 Å². The highest BCUT2D eigenvalue weighted by Crippen LogP contribution is 2.22. The summed E-state index contributed by atoms with van der Waals surface area (Å²) in [5, 5.41) is 37.3. The van der Waals surface area contributed by atoms with Crippen LogP contribution < -0.4 is 21.3 Å². The summed E-state index contributed by atoms with van der Waals surface area (Å²) in [7, 11) is 0. The summed E-state index contributed by atoms with van der Waals surface area (Å²) in [6.45, 7) is 4.62. The first-order valence-electron chi connectivity index (χ1n) is 12.5. The number of hydrogen-bond acceptors (Lipinski definition) is 11. The van der Waals surface area contributed by atoms with E-state index in [0.29, 0.717) is 0 Å². The zero-order valence-electron chi connectivity index (χ0n) is 23.3. The van der Waals surface area contributed by atoms with Gasteiger partial charge in [-0.15, -0.1) is 0 Å². The van der Waals surface area contributed by atoms with Crippen molar-refractivity contribution in [3.8, 4) is 0 Å². The topological polar surface area (TPSA) is 255 Å². The quantitative estimate of drug-likeness (QED) is 0.0630. The van der Waals surface area contributed by atoms with Crippen molar-refractivity contribution < 1.29 is 58.4 Å². The zero-order valence-corrected chi connectivity index (χ0v) is 24.1. The number of ether oxygens (including phenoxy) is 1. The molecule has 0 bridgehead atoms. The number of amides is 4. The predicted molar refractivity (Wildman–Crippen MR) is 143 cm³/mol. The van der Waals surface area contributed by atoms with Crippen molar-refractivity contribution in [2.45, 2.75) is 71.6 Å². The monoisotopic (exact) mass is 606 g/mol. The molecule has 41 heavy (non-hydrogen) atoms. The lowest BCUT2D eigenvalue weighted by Gasteiger charge is -2.29. The highest BCUT2D eigenvalue weighted by molar-refractivity contribution is 8.13. The average Bonchev–Trinajstić information content (AvgIpc) is 2.85. The van der Waals surface area contributed by atoms with Crippen LogP contribution in [0.5, 0.6) is 0 Å². The number of rotatable bonds is 19. The molecule has 0 aliphatic rings. The molecule has 16 nitrogen and oxygen atoms in total. The summed E-state index contributed by atoms with van der Waals surface area (Å²) < 4.78 is 5.02. The van der Waals surface area contributed by atoms with Crippen molar-refractivity contribution in [1.29, 1.82) is 0 Å². The molecule has 0 fully saturated rings. The normalized spacial score (nSPS) is 13.1. The summed E-state index contributed by atoms with van der Waals surface area (Å²) in [4.78, 5) is 92.6. The molecular formula is C24H38N4O12S. The van der Waals surface area contributed by atoms with Gasteiger partial charge in [0.05, 0.1) is 13.0 Å². The van der Waals surface area contributed by atoms with Crippen LogP contribution in [-0.4, -0.2) is 106 Å². The lowest BCUT2D eigenvalue weighted by atomic mass is 9.87. The van der Waals surface area contributed by atoms with Gasteiger partial charge in [-0.1, -0.05) is 25.6 Å². The second kappa shape index (κ2) is 18.6. The van der Waals surface area contributed by atoms with Crippen LogP contribution in [0.1, 0.15) is 53.4 Å². The van der Waals surface area contributed by atoms with Crippen LogP contribution in [0.15, 0.2) is 0 Å². The zero-order chi connectivity index (χ0) is 31.8. The number of aliphatic carboxylic acids is 2. The van der Waals surface area contributed by atoms with Gasteiger partial charge in [0.15, 0.2) is 5.12 Å². The van der Waals surface area contributed by atoms with Crippen LogP contribution in [0, 0.1) is 5.41 Å². The van der Waals surface area contributed by atoms with Gasteiger partial charge < -0.3 is 41.3 Å². The third kappa shape index (κ3) is 16.9. The van der Waals surface area contributed by atoms with E-state index in [9.17, 15) is 43.5 Å². The number of nitrogens with one attached hydrogen (secondary N) is 4. The summed E-state index contributed by atoms with van der Waals surface area (Å²) in [5.41, 5.74) is -1.30. The molecular weight excluding hydrogens is 568 g/mol. The fourth-order valence-corrected chi connectivity index (χ4v) is 3.78. The van der Waals surface area contributed by atoms with Crippen molar-refractivity contribution >= 4 is 58.4 Å². The van der Waals surface area contributed by atoms with E-state index in [0.717, 1.165) is 18.7 Å². The van der Waals surface area contributed by atoms with Crippen molar-refractivity contribution in [1.82, 2.24) is 21.3 Å². The summed E-state index contributed by atoms with van der Waals surface area (Å²) in [6, 6.07) is -2.61. The lowest BCUT2D eigenvalue weighted by molar-refractivity contribution is -0.158. The van der Waals surface area contributed by atoms with Crippen LogP contribution in [0.2, 0.25) is 0 Å². The molecule has 0 aromatic heterocycles. The SMILES string of the molecule is CC(=O)N[C@@H](CCC(=O)SCCNC(=O)CCNC(=O)[C@H](O)C(C)(C)COC(=O)[C@H](CC(=O)O)NC(C)=O)C(=O)O. The van der Waals surface area contributed by atoms with Gasteiger partial charge in [0.25, 0.3) is 0 Å². The first-order valence-corrected chi connectivity index (χ1v) is 13.5. The molecule has 232 valence electrons. The predicted octanol–water partition coefficient (Wildman–Crippen LogP) is -1.85. The molecule has 4 amide bonds. The Morgan fingerprint density at radius 1 is 0.854 bits per heavy atom. The number of aliphatic hydroxyl groups is 1. The Hall–Kier alpha value is -3.73. The van der Waals surface area contributed by atoms with Crippen LogP contribution in [0.4, 0.5) is 0 Å². The first kappa shape index (κ1) is 37.3. The molecule has 0 heterocycles. The Morgan fingerprint density at radius 2 is 1.44 bits per heavy atom. The number of carbonyl (C=O) groups excluding carboxylic acids is 6. The molecule has 0 saturated heterocycles. The number of carbonyl (C=O) groups is 8. The Balaban J connectivity index is 4.40. The molecule has 0 aliphatic carbocycles. The Kier molecular flexibility index (Phi) is 16.9. The largest absolute Gasteiger partial charge is 0.481 e. The number of aliphatic hydroxyl groups excluding tert-OH is 1. The number of hydrogen-bond donors (Lipinski definition) is 7. The van der Waals surface area contributed by atoms with Gasteiger partial charge in [-0.2, -0.15) is 0 Å². The fourth-order valence-electron chi connectivity index (χ4n) is 3.08. The highest BCUT2D eigenvalue weighted by atomic mass is 32.2. The third-order valence-electron chi connectivity index (χ3n) is 5.27. The van der Waals surface area contributed by atoms with E-state index in [1.807, 2.05) is 0 Å². The van der Waals surface area contributed by atoms with Crippen molar-refractivity contribution in [3.63, 3.8) is 0 Å². The van der Waals surface area contributed by atoms with E-state index in [4.69, 9.17) is 14.9 Å². The number of carboxylic acids is 2. The number of thioether (sulfide) groups is 1. The standard InChI is InChI=1S/C24H38N4O12S/c1-13(29)27-15(22(37)38)5-6-19(34)41-10-9-25-17(31)7-8-26-21(36)20(35)24(3,4)12-40-23(39)16(11-18(32)33)28-14(2)30/h15-16,20,35H,5-12H2,1-4H3,(H,25,31)(H,26,36)(H,27,29)(H,28,30)(H,32,33)(H,37,38)/t15-,16-,20-/m0/s1. The van der Waals surface area contributed by atoms with Gasteiger partial charge >= 0.3 is 17.9 Å². The van der Waals surface area contributed by atoms with Gasteiger partial charge in [-0.25, -0.2) is 9.59 Å². The van der Waals surface area contributed by atoms with Crippen LogP contribution in [0.25, 0.3) is 0 Å². The van der Waals surface area contributed by atoms with Crippen LogP contribution >= 0.6 is 11.8 Å². The average molecular weight is 607 g/mol. The molecule has 0 saturated carbocycles. The second-order valence-electron chi connectivity index (χ2n) is 9.59. The third-order valence-corrected chi connectivity index (χ3v) is 6.20. The molecule has 0 aromatic carbocycles. The minimum atomic E-state index is -1.66. The van der Waals surface area contributed by atoms with E-state index in [-0.39, 0.29) is 43.2 Å². The first-order chi connectivity index (χ1) is 19.0. The molecule has 3 atom stereocenters. The van der Waals surface area contributed by atoms with E-state index in [1.165, 1.54) is 20.8 Å². The van der Waals surface area contributed by atoms with Crippen molar-refractivity contribution in [2.75, 3.05) is 25.4 Å². The number of carboxylic acid groups (broad SMARTS) is 2. The van der Waals surface area contributed by atoms with Gasteiger partial charge in [0, 0.05) is 50.9 Å². The maximum Gasteiger partial charge on any atom is 0.329 e. The van der Waals surface area contributed by atoms with Gasteiger partial charge in [0.1, 0.15) is 18.2 Å². The fraction of sp³-hybridized carbons (Fsp3) is 0.667. The summed E-state index contributed by atoms with van der Waals surface area (Å²) >= 11 is 0.893. The minimum absolute atomic E-state index is 0.0692. The van der Waals surface area contributed by atoms with Gasteiger partial charge in [0.2, 0.25) is 23.6 Å². The number of esters is 1. The molecule has 0 rings (SSSR count). The second-order valence-corrected chi connectivity index (χ2v) is 10.7. The molecule has 0 spiro atoms. The Morgan fingerprint density at radius 3 is 1.98 bits per heavy atom. The summed E-state index contributed by atoms with van der Waals surface area (Å²) in [5.74, 6) is -5.88. The molecule has 7 N–H and O–H groups in total. The van der Waals surface area contributed by atoms with Crippen molar-refractivity contribution in [3.05, 3.63) is 0 Å². The van der Waals surface area contributed by atoms with Crippen molar-refractivity contribution in [2.24, 2.45) is 5.41 Å². The maximum absolute atomic E-state index is 12.3. The highest BCUT2D eigenvalue weighted by Gasteiger charge is 2.36. The molecule has 0 aromatic rings. The summed E-state index contributed by atoms with van der Waals surface area (Å²) in [6.07, 6.45) is -2.67. The Labute approximate surface area is 240 Å². The van der Waals surface area contributed by atoms with Crippen LogP contribution in [-0.2, 0) is 43.1 Å². The van der Waals surface area contributed by atoms with Gasteiger partial charge in [-0.3, -0.25) is 28.8 Å². The molecule has 0 radical (unpaired) electrons. The van der Waals surface area contributed by atoms with E-state index < -0.39 is 78.2 Å². The smallest absolute Gasteiger partial charge is 0.329 e. The lowest BCUT2D eigenvalue weighted by Crippen LogP contribution is -2.48. The van der Waals surface area contributed by atoms with E-state index in [2.05, 4.69) is 21.3 Å². The Bertz CT molecular complexity index is 972.